The molecule has 0 spiro atoms. The molecule has 0 bridgehead atoms. The standard InChI is InChI=1S/C19H20N2O3/c1-13(24-19(23)15-8-5-11-20-12-15)18(22)21-17-10-4-7-14-6-2-3-9-16(14)17/h2-3,5-6,8-9,11-13,17H,4,7,10H2,1H3,(H,21,22)/t13-,17+/m1/s1. The van der Waals surface area contributed by atoms with Crippen LogP contribution in [0.2, 0.25) is 0 Å². The highest BCUT2D eigenvalue weighted by Gasteiger charge is 2.25. The van der Waals surface area contributed by atoms with E-state index in [-0.39, 0.29) is 11.9 Å². The molecule has 1 amide bonds. The summed E-state index contributed by atoms with van der Waals surface area (Å²) in [5, 5.41) is 3.00. The van der Waals surface area contributed by atoms with E-state index in [4.69, 9.17) is 4.74 Å². The largest absolute Gasteiger partial charge is 0.449 e. The quantitative estimate of drug-likeness (QED) is 0.878. The Morgan fingerprint density at radius 3 is 2.88 bits per heavy atom. The molecule has 1 N–H and O–H groups in total. The third-order valence-corrected chi connectivity index (χ3v) is 4.24. The van der Waals surface area contributed by atoms with E-state index in [1.54, 1.807) is 25.3 Å². The molecule has 1 aromatic carbocycles. The molecule has 1 aliphatic rings. The minimum Gasteiger partial charge on any atom is -0.449 e. The number of aryl methyl sites for hydroxylation is 1. The molecule has 124 valence electrons. The number of fused-ring (bicyclic) bond motifs is 1. The summed E-state index contributed by atoms with van der Waals surface area (Å²) in [6.07, 6.45) is 5.11. The Kier molecular flexibility index (Phi) is 4.89. The third-order valence-electron chi connectivity index (χ3n) is 4.24. The van der Waals surface area contributed by atoms with E-state index in [1.807, 2.05) is 18.2 Å². The maximum absolute atomic E-state index is 12.4. The Labute approximate surface area is 141 Å². The summed E-state index contributed by atoms with van der Waals surface area (Å²) < 4.78 is 5.24. The van der Waals surface area contributed by atoms with Crippen LogP contribution < -0.4 is 5.32 Å². The highest BCUT2D eigenvalue weighted by molar-refractivity contribution is 5.91. The highest BCUT2D eigenvalue weighted by Crippen LogP contribution is 2.29. The van der Waals surface area contributed by atoms with Gasteiger partial charge in [-0.25, -0.2) is 4.79 Å². The van der Waals surface area contributed by atoms with Crippen LogP contribution in [0.25, 0.3) is 0 Å². The van der Waals surface area contributed by atoms with E-state index in [9.17, 15) is 9.59 Å². The first-order valence-corrected chi connectivity index (χ1v) is 8.14. The number of amides is 1. The lowest BCUT2D eigenvalue weighted by Crippen LogP contribution is -2.39. The van der Waals surface area contributed by atoms with Gasteiger partial charge < -0.3 is 10.1 Å². The number of rotatable bonds is 4. The number of aromatic nitrogens is 1. The lowest BCUT2D eigenvalue weighted by Gasteiger charge is -2.27. The molecule has 5 nitrogen and oxygen atoms in total. The van der Waals surface area contributed by atoms with E-state index >= 15 is 0 Å². The summed E-state index contributed by atoms with van der Waals surface area (Å²) in [6, 6.07) is 11.4. The molecule has 0 unspecified atom stereocenters. The summed E-state index contributed by atoms with van der Waals surface area (Å²) >= 11 is 0. The van der Waals surface area contributed by atoms with Crippen molar-refractivity contribution in [3.05, 3.63) is 65.5 Å². The number of carbonyl (C=O) groups is 2. The van der Waals surface area contributed by atoms with Crippen LogP contribution in [0.5, 0.6) is 0 Å². The number of pyridine rings is 1. The Hall–Kier alpha value is -2.69. The van der Waals surface area contributed by atoms with Gasteiger partial charge in [0, 0.05) is 12.4 Å². The molecule has 0 aliphatic heterocycles. The number of benzene rings is 1. The summed E-state index contributed by atoms with van der Waals surface area (Å²) in [7, 11) is 0. The van der Waals surface area contributed by atoms with Crippen LogP contribution in [-0.2, 0) is 16.0 Å². The fraction of sp³-hybridized carbons (Fsp3) is 0.316. The van der Waals surface area contributed by atoms with Gasteiger partial charge in [-0.05, 0) is 49.4 Å². The zero-order valence-electron chi connectivity index (χ0n) is 13.6. The number of esters is 1. The topological polar surface area (TPSA) is 68.3 Å². The number of hydrogen-bond acceptors (Lipinski definition) is 4. The molecule has 1 aromatic heterocycles. The second kappa shape index (κ2) is 7.25. The zero-order valence-corrected chi connectivity index (χ0v) is 13.6. The number of ether oxygens (including phenoxy) is 1. The van der Waals surface area contributed by atoms with Gasteiger partial charge in [0.25, 0.3) is 5.91 Å². The highest BCUT2D eigenvalue weighted by atomic mass is 16.5. The second-order valence-electron chi connectivity index (χ2n) is 5.94. The summed E-state index contributed by atoms with van der Waals surface area (Å²) in [5.41, 5.74) is 2.76. The van der Waals surface area contributed by atoms with Crippen LogP contribution in [0, 0.1) is 0 Å². The number of hydrogen-bond donors (Lipinski definition) is 1. The molecule has 0 saturated heterocycles. The average Bonchev–Trinajstić information content (AvgIpc) is 2.62. The lowest BCUT2D eigenvalue weighted by molar-refractivity contribution is -0.130. The summed E-state index contributed by atoms with van der Waals surface area (Å²) in [4.78, 5) is 28.3. The number of nitrogens with zero attached hydrogens (tertiary/aromatic N) is 1. The second-order valence-corrected chi connectivity index (χ2v) is 5.94. The molecule has 2 aromatic rings. The first kappa shape index (κ1) is 16.2. The van der Waals surface area contributed by atoms with Gasteiger partial charge in [0.1, 0.15) is 0 Å². The molecular weight excluding hydrogens is 304 g/mol. The lowest BCUT2D eigenvalue weighted by atomic mass is 9.87. The van der Waals surface area contributed by atoms with E-state index in [2.05, 4.69) is 16.4 Å². The molecule has 0 radical (unpaired) electrons. The Bertz CT molecular complexity index is 730. The van der Waals surface area contributed by atoms with Crippen LogP contribution in [0.3, 0.4) is 0 Å². The van der Waals surface area contributed by atoms with Crippen molar-refractivity contribution in [2.45, 2.75) is 38.3 Å². The van der Waals surface area contributed by atoms with Crippen molar-refractivity contribution in [3.8, 4) is 0 Å². The molecule has 1 aliphatic carbocycles. The van der Waals surface area contributed by atoms with E-state index in [0.717, 1.165) is 24.8 Å². The molecular formula is C19H20N2O3. The van der Waals surface area contributed by atoms with Gasteiger partial charge in [0.15, 0.2) is 6.10 Å². The average molecular weight is 324 g/mol. The van der Waals surface area contributed by atoms with Gasteiger partial charge in [-0.3, -0.25) is 9.78 Å². The molecule has 5 heteroatoms. The van der Waals surface area contributed by atoms with Crippen LogP contribution in [0.15, 0.2) is 48.8 Å². The van der Waals surface area contributed by atoms with Crippen molar-refractivity contribution in [1.82, 2.24) is 10.3 Å². The van der Waals surface area contributed by atoms with Gasteiger partial charge in [-0.15, -0.1) is 0 Å². The van der Waals surface area contributed by atoms with E-state index in [0.29, 0.717) is 5.56 Å². The van der Waals surface area contributed by atoms with Gasteiger partial charge in [-0.1, -0.05) is 24.3 Å². The maximum Gasteiger partial charge on any atom is 0.340 e. The monoisotopic (exact) mass is 324 g/mol. The third kappa shape index (κ3) is 3.62. The van der Waals surface area contributed by atoms with Crippen molar-refractivity contribution in [1.29, 1.82) is 0 Å². The first-order valence-electron chi connectivity index (χ1n) is 8.14. The molecule has 2 atom stereocenters. The molecule has 3 rings (SSSR count). The van der Waals surface area contributed by atoms with Gasteiger partial charge in [0.2, 0.25) is 0 Å². The first-order chi connectivity index (χ1) is 11.6. The summed E-state index contributed by atoms with van der Waals surface area (Å²) in [6.45, 7) is 1.58. The normalized spacial score (nSPS) is 17.5. The van der Waals surface area contributed by atoms with Gasteiger partial charge >= 0.3 is 5.97 Å². The van der Waals surface area contributed by atoms with Crippen molar-refractivity contribution in [2.75, 3.05) is 0 Å². The fourth-order valence-electron chi connectivity index (χ4n) is 2.96. The van der Waals surface area contributed by atoms with Crippen LogP contribution >= 0.6 is 0 Å². The molecule has 24 heavy (non-hydrogen) atoms. The van der Waals surface area contributed by atoms with Crippen molar-refractivity contribution < 1.29 is 14.3 Å². The zero-order chi connectivity index (χ0) is 16.9. The number of carbonyl (C=O) groups excluding carboxylic acids is 2. The van der Waals surface area contributed by atoms with Gasteiger partial charge in [-0.2, -0.15) is 0 Å². The Balaban J connectivity index is 1.62. The minimum atomic E-state index is -0.855. The van der Waals surface area contributed by atoms with Crippen LogP contribution in [-0.4, -0.2) is 23.0 Å². The van der Waals surface area contributed by atoms with E-state index < -0.39 is 12.1 Å². The molecule has 1 heterocycles. The van der Waals surface area contributed by atoms with Crippen LogP contribution in [0.4, 0.5) is 0 Å². The Morgan fingerprint density at radius 1 is 1.25 bits per heavy atom. The molecule has 0 fully saturated rings. The Morgan fingerprint density at radius 2 is 2.08 bits per heavy atom. The fourth-order valence-corrected chi connectivity index (χ4v) is 2.96. The van der Waals surface area contributed by atoms with Crippen molar-refractivity contribution in [3.63, 3.8) is 0 Å². The minimum absolute atomic E-state index is 0.0259. The number of nitrogens with one attached hydrogen (secondary N) is 1. The smallest absolute Gasteiger partial charge is 0.340 e. The van der Waals surface area contributed by atoms with Crippen molar-refractivity contribution in [2.24, 2.45) is 0 Å². The summed E-state index contributed by atoms with van der Waals surface area (Å²) in [5.74, 6) is -0.830. The molecule has 0 saturated carbocycles. The predicted octanol–water partition coefficient (Wildman–Crippen LogP) is 2.82. The van der Waals surface area contributed by atoms with Crippen LogP contribution in [0.1, 0.15) is 47.3 Å². The maximum atomic E-state index is 12.4. The van der Waals surface area contributed by atoms with E-state index in [1.165, 1.54) is 11.8 Å². The SMILES string of the molecule is C[C@@H](OC(=O)c1cccnc1)C(=O)N[C@H]1CCCc2ccccc21. The predicted molar refractivity (Wildman–Crippen MR) is 89.4 cm³/mol. The van der Waals surface area contributed by atoms with Crippen molar-refractivity contribution >= 4 is 11.9 Å². The van der Waals surface area contributed by atoms with Gasteiger partial charge in [0.05, 0.1) is 11.6 Å².